The molecule has 1 saturated heterocycles. The van der Waals surface area contributed by atoms with Crippen LogP contribution in [0.1, 0.15) is 38.7 Å². The van der Waals surface area contributed by atoms with Crippen molar-refractivity contribution in [3.05, 3.63) is 70.8 Å². The number of rotatable bonds is 4. The first-order valence-electron chi connectivity index (χ1n) is 9.45. The Balaban J connectivity index is 2.05. The molecule has 0 saturated carbocycles. The van der Waals surface area contributed by atoms with Crippen molar-refractivity contribution in [3.63, 3.8) is 0 Å². The zero-order valence-electron chi connectivity index (χ0n) is 15.8. The van der Waals surface area contributed by atoms with Crippen molar-refractivity contribution >= 4 is 28.3 Å². The van der Waals surface area contributed by atoms with Crippen LogP contribution in [0.5, 0.6) is 0 Å². The third-order valence-corrected chi connectivity index (χ3v) is 5.21. The lowest BCUT2D eigenvalue weighted by atomic mass is 10.0. The van der Waals surface area contributed by atoms with Crippen molar-refractivity contribution in [1.29, 1.82) is 0 Å². The number of halogens is 1. The predicted octanol–water partition coefficient (Wildman–Crippen LogP) is 6.50. The van der Waals surface area contributed by atoms with Gasteiger partial charge in [0.15, 0.2) is 0 Å². The lowest BCUT2D eigenvalue weighted by Gasteiger charge is -2.24. The summed E-state index contributed by atoms with van der Waals surface area (Å²) < 4.78 is 0. The lowest BCUT2D eigenvalue weighted by Crippen LogP contribution is -2.26. The molecule has 0 radical (unpaired) electrons. The van der Waals surface area contributed by atoms with Gasteiger partial charge in [-0.05, 0) is 73.6 Å². The molecule has 0 spiro atoms. The molecule has 1 aliphatic heterocycles. The Morgan fingerprint density at radius 2 is 2.12 bits per heavy atom. The SMILES string of the molecule is C=CCc1cc(N2CCCC(=C/C)/C(=C\CC)C2)nc2ccc(Cl)cc12. The van der Waals surface area contributed by atoms with Crippen LogP contribution in [0.2, 0.25) is 5.02 Å². The molecule has 0 aliphatic carbocycles. The fourth-order valence-electron chi connectivity index (χ4n) is 3.71. The normalized spacial score (nSPS) is 18.5. The molecular weight excluding hydrogens is 340 g/mol. The molecule has 2 heterocycles. The van der Waals surface area contributed by atoms with Gasteiger partial charge in [-0.3, -0.25) is 0 Å². The van der Waals surface area contributed by atoms with Crippen LogP contribution < -0.4 is 4.90 Å². The number of fused-ring (bicyclic) bond motifs is 1. The Hall–Kier alpha value is -2.06. The molecule has 3 heteroatoms. The Kier molecular flexibility index (Phi) is 6.16. The van der Waals surface area contributed by atoms with Crippen LogP contribution in [0, 0.1) is 0 Å². The fourth-order valence-corrected chi connectivity index (χ4v) is 3.89. The Bertz CT molecular complexity index is 864. The first-order valence-corrected chi connectivity index (χ1v) is 9.83. The number of nitrogens with zero attached hydrogens (tertiary/aromatic N) is 2. The Morgan fingerprint density at radius 1 is 1.27 bits per heavy atom. The van der Waals surface area contributed by atoms with Gasteiger partial charge in [-0.15, -0.1) is 6.58 Å². The zero-order chi connectivity index (χ0) is 18.5. The van der Waals surface area contributed by atoms with E-state index in [1.165, 1.54) is 16.7 Å². The van der Waals surface area contributed by atoms with E-state index in [1.807, 2.05) is 24.3 Å². The summed E-state index contributed by atoms with van der Waals surface area (Å²) >= 11 is 6.21. The summed E-state index contributed by atoms with van der Waals surface area (Å²) in [5.41, 5.74) is 5.16. The quantitative estimate of drug-likeness (QED) is 0.574. The highest BCUT2D eigenvalue weighted by atomic mass is 35.5. The highest BCUT2D eigenvalue weighted by Gasteiger charge is 2.18. The van der Waals surface area contributed by atoms with Crippen LogP contribution in [-0.4, -0.2) is 18.1 Å². The van der Waals surface area contributed by atoms with E-state index in [9.17, 15) is 0 Å². The van der Waals surface area contributed by atoms with Crippen molar-refractivity contribution in [2.24, 2.45) is 0 Å². The minimum absolute atomic E-state index is 0.748. The van der Waals surface area contributed by atoms with E-state index in [2.05, 4.69) is 43.5 Å². The standard InChI is InChI=1S/C23H27ClN2/c1-4-8-18-14-23(25-22-12-11-20(24)15-21(18)22)26-13-7-10-17(6-3)19(16-26)9-5-2/h4,6,9,11-12,14-15H,1,5,7-8,10,13,16H2,2-3H3/b17-6-,19-9-. The maximum absolute atomic E-state index is 6.21. The van der Waals surface area contributed by atoms with Gasteiger partial charge < -0.3 is 4.90 Å². The van der Waals surface area contributed by atoms with Crippen LogP contribution >= 0.6 is 11.6 Å². The summed E-state index contributed by atoms with van der Waals surface area (Å²) in [7, 11) is 0. The summed E-state index contributed by atoms with van der Waals surface area (Å²) in [6, 6.07) is 8.16. The molecule has 0 N–H and O–H groups in total. The number of benzene rings is 1. The largest absolute Gasteiger partial charge is 0.352 e. The molecule has 1 fully saturated rings. The van der Waals surface area contributed by atoms with Gasteiger partial charge in [-0.25, -0.2) is 4.98 Å². The summed E-state index contributed by atoms with van der Waals surface area (Å²) in [4.78, 5) is 7.37. The topological polar surface area (TPSA) is 16.1 Å². The second-order valence-corrected chi connectivity index (χ2v) is 7.21. The van der Waals surface area contributed by atoms with Gasteiger partial charge in [0.1, 0.15) is 5.82 Å². The summed E-state index contributed by atoms with van der Waals surface area (Å²) in [5, 5.41) is 1.87. The second kappa shape index (κ2) is 8.55. The summed E-state index contributed by atoms with van der Waals surface area (Å²) in [6.07, 6.45) is 10.7. The van der Waals surface area contributed by atoms with Crippen LogP contribution in [0.25, 0.3) is 10.9 Å². The van der Waals surface area contributed by atoms with E-state index in [0.717, 1.165) is 60.5 Å². The van der Waals surface area contributed by atoms with Crippen molar-refractivity contribution in [3.8, 4) is 0 Å². The molecule has 26 heavy (non-hydrogen) atoms. The van der Waals surface area contributed by atoms with E-state index in [4.69, 9.17) is 16.6 Å². The molecule has 2 nitrogen and oxygen atoms in total. The Labute approximate surface area is 161 Å². The van der Waals surface area contributed by atoms with Crippen LogP contribution in [0.15, 0.2) is 60.2 Å². The predicted molar refractivity (Wildman–Crippen MR) is 114 cm³/mol. The van der Waals surface area contributed by atoms with Crippen LogP contribution in [0.3, 0.4) is 0 Å². The minimum Gasteiger partial charge on any atom is -0.352 e. The maximum Gasteiger partial charge on any atom is 0.129 e. The third-order valence-electron chi connectivity index (χ3n) is 4.98. The number of hydrogen-bond donors (Lipinski definition) is 0. The van der Waals surface area contributed by atoms with E-state index >= 15 is 0 Å². The smallest absolute Gasteiger partial charge is 0.129 e. The van der Waals surface area contributed by atoms with E-state index in [-0.39, 0.29) is 0 Å². The summed E-state index contributed by atoms with van der Waals surface area (Å²) in [5.74, 6) is 1.05. The van der Waals surface area contributed by atoms with Crippen molar-refractivity contribution in [2.45, 2.75) is 39.5 Å². The first-order chi connectivity index (χ1) is 12.7. The van der Waals surface area contributed by atoms with Gasteiger partial charge in [-0.1, -0.05) is 36.8 Å². The Morgan fingerprint density at radius 3 is 2.85 bits per heavy atom. The number of anilines is 1. The molecular formula is C23H27ClN2. The van der Waals surface area contributed by atoms with Crippen molar-refractivity contribution in [2.75, 3.05) is 18.0 Å². The van der Waals surface area contributed by atoms with Gasteiger partial charge in [0.2, 0.25) is 0 Å². The average molecular weight is 367 g/mol. The van der Waals surface area contributed by atoms with E-state index < -0.39 is 0 Å². The summed E-state index contributed by atoms with van der Waals surface area (Å²) in [6.45, 7) is 10.2. The molecule has 1 aromatic carbocycles. The molecule has 0 unspecified atom stereocenters. The molecule has 136 valence electrons. The number of hydrogen-bond acceptors (Lipinski definition) is 2. The van der Waals surface area contributed by atoms with Crippen LogP contribution in [-0.2, 0) is 6.42 Å². The third kappa shape index (κ3) is 4.02. The van der Waals surface area contributed by atoms with Gasteiger partial charge in [0.25, 0.3) is 0 Å². The van der Waals surface area contributed by atoms with Crippen molar-refractivity contribution < 1.29 is 0 Å². The number of pyridine rings is 1. The number of aromatic nitrogens is 1. The second-order valence-electron chi connectivity index (χ2n) is 6.77. The van der Waals surface area contributed by atoms with Gasteiger partial charge >= 0.3 is 0 Å². The van der Waals surface area contributed by atoms with Crippen molar-refractivity contribution in [1.82, 2.24) is 4.98 Å². The zero-order valence-corrected chi connectivity index (χ0v) is 16.5. The molecule has 0 amide bonds. The van der Waals surface area contributed by atoms with E-state index in [0.29, 0.717) is 0 Å². The minimum atomic E-state index is 0.748. The van der Waals surface area contributed by atoms with E-state index in [1.54, 1.807) is 0 Å². The molecule has 2 aromatic rings. The average Bonchev–Trinajstić information content (AvgIpc) is 2.84. The molecule has 1 aliphatic rings. The molecule has 3 rings (SSSR count). The highest BCUT2D eigenvalue weighted by Crippen LogP contribution is 2.30. The van der Waals surface area contributed by atoms with Crippen LogP contribution in [0.4, 0.5) is 5.82 Å². The molecule has 1 aromatic heterocycles. The lowest BCUT2D eigenvalue weighted by molar-refractivity contribution is 0.788. The molecule has 0 atom stereocenters. The monoisotopic (exact) mass is 366 g/mol. The molecule has 0 bridgehead atoms. The fraction of sp³-hybridized carbons (Fsp3) is 0.348. The van der Waals surface area contributed by atoms with Gasteiger partial charge in [0, 0.05) is 23.5 Å². The van der Waals surface area contributed by atoms with Gasteiger partial charge in [-0.2, -0.15) is 0 Å². The highest BCUT2D eigenvalue weighted by molar-refractivity contribution is 6.31. The van der Waals surface area contributed by atoms with Gasteiger partial charge in [0.05, 0.1) is 5.52 Å². The maximum atomic E-state index is 6.21. The number of allylic oxidation sites excluding steroid dienone is 3. The first kappa shape index (κ1) is 18.7.